The van der Waals surface area contributed by atoms with Crippen LogP contribution < -0.4 is 0 Å². The van der Waals surface area contributed by atoms with Crippen molar-refractivity contribution in [2.75, 3.05) is 14.1 Å². The molecule has 2 nitrogen and oxygen atoms in total. The maximum atomic E-state index is 13.7. The van der Waals surface area contributed by atoms with Crippen LogP contribution in [0.25, 0.3) is 10.9 Å². The zero-order chi connectivity index (χ0) is 13.0. The van der Waals surface area contributed by atoms with Crippen LogP contribution in [0.3, 0.4) is 0 Å². The summed E-state index contributed by atoms with van der Waals surface area (Å²) in [5.74, 6) is -1.48. The van der Waals surface area contributed by atoms with E-state index in [1.165, 1.54) is 6.07 Å². The Bertz CT molecular complexity index is 616. The van der Waals surface area contributed by atoms with E-state index in [2.05, 4.69) is 16.4 Å². The Morgan fingerprint density at radius 1 is 1.33 bits per heavy atom. The number of rotatable bonds is 1. The predicted octanol–water partition coefficient (Wildman–Crippen LogP) is 2.97. The van der Waals surface area contributed by atoms with Gasteiger partial charge in [0.15, 0.2) is 11.6 Å². The van der Waals surface area contributed by atoms with E-state index in [0.717, 1.165) is 17.5 Å². The molecule has 1 aromatic heterocycles. The topological polar surface area (TPSA) is 8.17 Å². The van der Waals surface area contributed by atoms with Gasteiger partial charge in [-0.15, -0.1) is 0 Å². The molecule has 1 aliphatic heterocycles. The molecule has 0 amide bonds. The molecule has 96 valence electrons. The van der Waals surface area contributed by atoms with Gasteiger partial charge in [-0.1, -0.05) is 0 Å². The summed E-state index contributed by atoms with van der Waals surface area (Å²) in [4.78, 5) is 2.14. The van der Waals surface area contributed by atoms with Gasteiger partial charge in [0.1, 0.15) is 0 Å². The second kappa shape index (κ2) is 3.79. The highest BCUT2D eigenvalue weighted by Crippen LogP contribution is 2.35. The van der Waals surface area contributed by atoms with E-state index in [1.807, 2.05) is 20.3 Å². The van der Waals surface area contributed by atoms with Crippen LogP contribution in [0.15, 0.2) is 18.3 Å². The largest absolute Gasteiger partial charge is 0.343 e. The molecule has 18 heavy (non-hydrogen) atoms. The van der Waals surface area contributed by atoms with Crippen LogP contribution in [0.1, 0.15) is 18.5 Å². The van der Waals surface area contributed by atoms with E-state index in [0.29, 0.717) is 11.4 Å². The molecule has 0 fully saturated rings. The van der Waals surface area contributed by atoms with Gasteiger partial charge in [0.2, 0.25) is 0 Å². The van der Waals surface area contributed by atoms with Crippen LogP contribution >= 0.6 is 0 Å². The lowest BCUT2D eigenvalue weighted by Gasteiger charge is -2.36. The van der Waals surface area contributed by atoms with Gasteiger partial charge >= 0.3 is 0 Å². The number of aromatic nitrogens is 1. The Labute approximate surface area is 105 Å². The summed E-state index contributed by atoms with van der Waals surface area (Å²) in [6.45, 7) is 2.12. The van der Waals surface area contributed by atoms with Gasteiger partial charge in [0, 0.05) is 23.7 Å². The van der Waals surface area contributed by atoms with Gasteiger partial charge in [0.25, 0.3) is 0 Å². The maximum Gasteiger partial charge on any atom is 0.168 e. The van der Waals surface area contributed by atoms with Crippen LogP contribution in [0.2, 0.25) is 0 Å². The summed E-state index contributed by atoms with van der Waals surface area (Å²) < 4.78 is 29.3. The molecule has 0 bridgehead atoms. The third kappa shape index (κ3) is 1.42. The zero-order valence-corrected chi connectivity index (χ0v) is 10.7. The van der Waals surface area contributed by atoms with Crippen molar-refractivity contribution in [2.24, 2.45) is 0 Å². The molecule has 0 radical (unpaired) electrons. The van der Waals surface area contributed by atoms with Gasteiger partial charge in [-0.2, -0.15) is 0 Å². The van der Waals surface area contributed by atoms with E-state index < -0.39 is 11.6 Å². The lowest BCUT2D eigenvalue weighted by Crippen LogP contribution is -2.39. The molecule has 0 saturated heterocycles. The molecule has 4 heteroatoms. The summed E-state index contributed by atoms with van der Waals surface area (Å²) in [5, 5.41) is 0.397. The van der Waals surface area contributed by atoms with Crippen LogP contribution in [0.5, 0.6) is 0 Å². The summed E-state index contributed by atoms with van der Waals surface area (Å²) in [6.07, 6.45) is 2.61. The molecule has 1 unspecified atom stereocenters. The molecule has 2 aromatic rings. The first-order chi connectivity index (χ1) is 8.50. The molecule has 2 heterocycles. The van der Waals surface area contributed by atoms with Crippen molar-refractivity contribution < 1.29 is 8.78 Å². The predicted molar refractivity (Wildman–Crippen MR) is 67.7 cm³/mol. The standard InChI is InChI=1S/C14H16F2N2/c1-8-12(17(2)3)7-9-6-11(15)13(16)10-4-5-18(8)14(9)10/h4-6,8,12H,7H2,1-3H3/t8-,12?/m0/s1. The number of benzene rings is 1. The van der Waals surface area contributed by atoms with Crippen molar-refractivity contribution in [3.05, 3.63) is 35.5 Å². The molecular weight excluding hydrogens is 234 g/mol. The van der Waals surface area contributed by atoms with E-state index in [9.17, 15) is 8.78 Å². The number of halogens is 2. The molecule has 1 aliphatic rings. The van der Waals surface area contributed by atoms with Crippen LogP contribution in [0, 0.1) is 11.6 Å². The molecule has 1 aromatic carbocycles. The van der Waals surface area contributed by atoms with Gasteiger partial charge in [-0.05, 0) is 45.1 Å². The lowest BCUT2D eigenvalue weighted by molar-refractivity contribution is 0.216. The van der Waals surface area contributed by atoms with Gasteiger partial charge < -0.3 is 9.47 Å². The number of likely N-dealkylation sites (N-methyl/N-ethyl adjacent to an activating group) is 1. The van der Waals surface area contributed by atoms with Crippen molar-refractivity contribution in [1.82, 2.24) is 9.47 Å². The first-order valence-corrected chi connectivity index (χ1v) is 6.14. The highest BCUT2D eigenvalue weighted by atomic mass is 19.2. The van der Waals surface area contributed by atoms with Crippen molar-refractivity contribution in [1.29, 1.82) is 0 Å². The Kier molecular flexibility index (Phi) is 2.45. The van der Waals surface area contributed by atoms with E-state index in [1.54, 1.807) is 6.07 Å². The van der Waals surface area contributed by atoms with Gasteiger partial charge in [0.05, 0.1) is 5.52 Å². The Morgan fingerprint density at radius 3 is 2.72 bits per heavy atom. The fraction of sp³-hybridized carbons (Fsp3) is 0.429. The zero-order valence-electron chi connectivity index (χ0n) is 10.7. The normalized spacial score (nSPS) is 23.0. The minimum Gasteiger partial charge on any atom is -0.343 e. The summed E-state index contributed by atoms with van der Waals surface area (Å²) >= 11 is 0. The fourth-order valence-corrected chi connectivity index (χ4v) is 3.07. The Balaban J connectivity index is 2.28. The van der Waals surface area contributed by atoms with E-state index >= 15 is 0 Å². The SMILES string of the molecule is C[C@H]1C(N(C)C)Cc2cc(F)c(F)c3ccn1c23. The minimum atomic E-state index is -0.748. The van der Waals surface area contributed by atoms with E-state index in [4.69, 9.17) is 0 Å². The average Bonchev–Trinajstić information content (AvgIpc) is 2.75. The molecule has 3 rings (SSSR count). The molecule has 0 saturated carbocycles. The number of hydrogen-bond donors (Lipinski definition) is 0. The van der Waals surface area contributed by atoms with E-state index in [-0.39, 0.29) is 6.04 Å². The quantitative estimate of drug-likeness (QED) is 0.755. The summed E-state index contributed by atoms with van der Waals surface area (Å²) in [5.41, 5.74) is 1.74. The molecular formula is C14H16F2N2. The average molecular weight is 250 g/mol. The van der Waals surface area contributed by atoms with Crippen molar-refractivity contribution in [3.8, 4) is 0 Å². The van der Waals surface area contributed by atoms with Crippen molar-refractivity contribution >= 4 is 10.9 Å². The molecule has 2 atom stereocenters. The van der Waals surface area contributed by atoms with Crippen LogP contribution in [0.4, 0.5) is 8.78 Å². The third-order valence-electron chi connectivity index (χ3n) is 4.05. The lowest BCUT2D eigenvalue weighted by atomic mass is 9.93. The van der Waals surface area contributed by atoms with Gasteiger partial charge in [-0.25, -0.2) is 8.78 Å². The van der Waals surface area contributed by atoms with Crippen LogP contribution in [-0.4, -0.2) is 29.6 Å². The second-order valence-electron chi connectivity index (χ2n) is 5.29. The maximum absolute atomic E-state index is 13.7. The third-order valence-corrected chi connectivity index (χ3v) is 4.05. The monoisotopic (exact) mass is 250 g/mol. The van der Waals surface area contributed by atoms with Crippen LogP contribution in [-0.2, 0) is 6.42 Å². The minimum absolute atomic E-state index is 0.259. The summed E-state index contributed by atoms with van der Waals surface area (Å²) in [6, 6.07) is 3.58. The first kappa shape index (κ1) is 11.7. The Hall–Kier alpha value is -1.42. The smallest absolute Gasteiger partial charge is 0.168 e. The molecule has 0 aliphatic carbocycles. The molecule has 0 N–H and O–H groups in total. The second-order valence-corrected chi connectivity index (χ2v) is 5.29. The van der Waals surface area contributed by atoms with Gasteiger partial charge in [-0.3, -0.25) is 0 Å². The molecule has 0 spiro atoms. The fourth-order valence-electron chi connectivity index (χ4n) is 3.07. The Morgan fingerprint density at radius 2 is 2.06 bits per heavy atom. The summed E-state index contributed by atoms with van der Waals surface area (Å²) in [7, 11) is 4.04. The highest BCUT2D eigenvalue weighted by molar-refractivity contribution is 5.85. The van der Waals surface area contributed by atoms with Crippen molar-refractivity contribution in [3.63, 3.8) is 0 Å². The first-order valence-electron chi connectivity index (χ1n) is 6.14. The number of hydrogen-bond acceptors (Lipinski definition) is 1. The number of nitrogens with zero attached hydrogens (tertiary/aromatic N) is 2. The highest BCUT2D eigenvalue weighted by Gasteiger charge is 2.30. The van der Waals surface area contributed by atoms with Crippen molar-refractivity contribution in [2.45, 2.75) is 25.4 Å².